The first-order valence-corrected chi connectivity index (χ1v) is 11.8. The van der Waals surface area contributed by atoms with Crippen LogP contribution in [0.25, 0.3) is 0 Å². The van der Waals surface area contributed by atoms with Gasteiger partial charge < -0.3 is 20.7 Å². The summed E-state index contributed by atoms with van der Waals surface area (Å²) in [6.45, 7) is 2.63. The Hall–Kier alpha value is -1.51. The van der Waals surface area contributed by atoms with Crippen LogP contribution in [0.4, 0.5) is 4.39 Å². The summed E-state index contributed by atoms with van der Waals surface area (Å²) in [7, 11) is 0. The highest BCUT2D eigenvalue weighted by Gasteiger charge is 2.50. The highest BCUT2D eigenvalue weighted by molar-refractivity contribution is 8.01. The van der Waals surface area contributed by atoms with Crippen LogP contribution in [0, 0.1) is 17.7 Å². The maximum absolute atomic E-state index is 13.5. The van der Waals surface area contributed by atoms with Gasteiger partial charge in [0, 0.05) is 24.7 Å². The number of amides is 2. The van der Waals surface area contributed by atoms with Gasteiger partial charge in [-0.15, -0.1) is 11.8 Å². The second-order valence-corrected chi connectivity index (χ2v) is 10.0. The van der Waals surface area contributed by atoms with Crippen molar-refractivity contribution >= 4 is 35.2 Å². The van der Waals surface area contributed by atoms with Crippen molar-refractivity contribution in [2.24, 2.45) is 11.8 Å². The van der Waals surface area contributed by atoms with E-state index in [1.807, 2.05) is 0 Å². The first kappa shape index (κ1) is 21.7. The molecule has 30 heavy (non-hydrogen) atoms. The van der Waals surface area contributed by atoms with Crippen LogP contribution in [0.15, 0.2) is 18.2 Å². The summed E-state index contributed by atoms with van der Waals surface area (Å²) in [6, 6.07) is 4.23. The van der Waals surface area contributed by atoms with Crippen LogP contribution in [0.5, 0.6) is 5.75 Å². The lowest BCUT2D eigenvalue weighted by molar-refractivity contribution is -0.124. The van der Waals surface area contributed by atoms with E-state index < -0.39 is 5.82 Å². The van der Waals surface area contributed by atoms with E-state index in [1.54, 1.807) is 11.8 Å². The highest BCUT2D eigenvalue weighted by Crippen LogP contribution is 2.47. The van der Waals surface area contributed by atoms with E-state index in [9.17, 15) is 14.0 Å². The Morgan fingerprint density at radius 3 is 2.63 bits per heavy atom. The minimum atomic E-state index is -0.581. The van der Waals surface area contributed by atoms with E-state index in [0.717, 1.165) is 31.7 Å². The van der Waals surface area contributed by atoms with Crippen LogP contribution in [0.1, 0.15) is 32.6 Å². The molecule has 6 atom stereocenters. The number of thioether (sulfide) groups is 1. The van der Waals surface area contributed by atoms with E-state index in [4.69, 9.17) is 16.3 Å². The molecule has 4 rings (SSSR count). The fourth-order valence-corrected chi connectivity index (χ4v) is 5.96. The number of nitrogens with one attached hydrogen (secondary N) is 3. The molecule has 0 spiro atoms. The zero-order valence-electron chi connectivity index (χ0n) is 16.8. The topological polar surface area (TPSA) is 79.5 Å². The lowest BCUT2D eigenvalue weighted by Crippen LogP contribution is -2.46. The fourth-order valence-electron chi connectivity index (χ4n) is 4.67. The molecule has 1 aliphatic heterocycles. The number of ether oxygens (including phenoxy) is 1. The quantitative estimate of drug-likeness (QED) is 0.589. The van der Waals surface area contributed by atoms with Crippen molar-refractivity contribution in [3.63, 3.8) is 0 Å². The Morgan fingerprint density at radius 1 is 1.27 bits per heavy atom. The standard InChI is InChI=1S/C21H27ClFN3O3S/c1-2-20-24-9-18(30-20)21(28)26-17-8-16(12-4-5-13(12)17)25-19(27)10-29-11-3-6-14(22)15(23)7-11/h3,6-7,12-13,16-18,20,24H,2,4-5,8-10H2,1H3,(H,25,27)(H,26,28)/t12?,13?,16-,17?,18?,20?/m0/s1. The number of hydrogen-bond donors (Lipinski definition) is 3. The largest absolute Gasteiger partial charge is 0.484 e. The van der Waals surface area contributed by atoms with Crippen LogP contribution in [0.3, 0.4) is 0 Å². The van der Waals surface area contributed by atoms with Gasteiger partial charge in [0.1, 0.15) is 11.6 Å². The second-order valence-electron chi connectivity index (χ2n) is 8.22. The molecule has 9 heteroatoms. The van der Waals surface area contributed by atoms with Crippen LogP contribution in [0.2, 0.25) is 5.02 Å². The van der Waals surface area contributed by atoms with Crippen LogP contribution >= 0.6 is 23.4 Å². The summed E-state index contributed by atoms with van der Waals surface area (Å²) in [6.07, 6.45) is 3.88. The molecule has 3 aliphatic rings. The van der Waals surface area contributed by atoms with Crippen molar-refractivity contribution in [2.75, 3.05) is 13.2 Å². The Balaban J connectivity index is 1.25. The Kier molecular flexibility index (Phi) is 6.75. The van der Waals surface area contributed by atoms with Crippen molar-refractivity contribution < 1.29 is 18.7 Å². The van der Waals surface area contributed by atoms with Gasteiger partial charge in [0.25, 0.3) is 5.91 Å². The summed E-state index contributed by atoms with van der Waals surface area (Å²) in [5.41, 5.74) is 0. The van der Waals surface area contributed by atoms with Crippen LogP contribution in [-0.4, -0.2) is 47.7 Å². The SMILES string of the molecule is CCC1NCC(C(=O)NC2C[C@H](NC(=O)COc3ccc(Cl)c(F)c3)C3CCC23)S1. The molecule has 3 fully saturated rings. The van der Waals surface area contributed by atoms with Crippen molar-refractivity contribution in [1.29, 1.82) is 0 Å². The number of halogens is 2. The average molecular weight is 456 g/mol. The molecule has 6 nitrogen and oxygen atoms in total. The molecule has 164 valence electrons. The lowest BCUT2D eigenvalue weighted by atomic mass is 9.73. The zero-order chi connectivity index (χ0) is 21.3. The molecule has 0 bridgehead atoms. The van der Waals surface area contributed by atoms with E-state index in [1.165, 1.54) is 12.1 Å². The molecule has 0 aromatic heterocycles. The van der Waals surface area contributed by atoms with Gasteiger partial charge >= 0.3 is 0 Å². The highest BCUT2D eigenvalue weighted by atomic mass is 35.5. The third kappa shape index (κ3) is 4.70. The van der Waals surface area contributed by atoms with Gasteiger partial charge in [-0.2, -0.15) is 0 Å². The minimum Gasteiger partial charge on any atom is -0.484 e. The van der Waals surface area contributed by atoms with Gasteiger partial charge in [-0.1, -0.05) is 18.5 Å². The smallest absolute Gasteiger partial charge is 0.258 e. The van der Waals surface area contributed by atoms with Gasteiger partial charge in [-0.25, -0.2) is 4.39 Å². The molecule has 2 aliphatic carbocycles. The van der Waals surface area contributed by atoms with E-state index in [0.29, 0.717) is 23.8 Å². The third-order valence-electron chi connectivity index (χ3n) is 6.38. The second kappa shape index (κ2) is 9.32. The molecular formula is C21H27ClFN3O3S. The van der Waals surface area contributed by atoms with Crippen LogP contribution < -0.4 is 20.7 Å². The normalized spacial score (nSPS) is 32.2. The Labute approximate surface area is 185 Å². The monoisotopic (exact) mass is 455 g/mol. The number of carbonyl (C=O) groups is 2. The first-order chi connectivity index (χ1) is 14.4. The number of rotatable bonds is 7. The first-order valence-electron chi connectivity index (χ1n) is 10.5. The van der Waals surface area contributed by atoms with Gasteiger partial charge in [-0.3, -0.25) is 9.59 Å². The average Bonchev–Trinajstić information content (AvgIpc) is 3.25. The summed E-state index contributed by atoms with van der Waals surface area (Å²) >= 11 is 7.35. The summed E-state index contributed by atoms with van der Waals surface area (Å²) in [5.74, 6) is 0.352. The molecule has 1 saturated heterocycles. The van der Waals surface area contributed by atoms with Gasteiger partial charge in [0.05, 0.1) is 15.6 Å². The van der Waals surface area contributed by atoms with Crippen molar-refractivity contribution in [3.05, 3.63) is 29.0 Å². The van der Waals surface area contributed by atoms with Gasteiger partial charge in [0.2, 0.25) is 5.91 Å². The Morgan fingerprint density at radius 2 is 2.00 bits per heavy atom. The summed E-state index contributed by atoms with van der Waals surface area (Å²) < 4.78 is 18.9. The predicted molar refractivity (Wildman–Crippen MR) is 115 cm³/mol. The maximum atomic E-state index is 13.5. The molecular weight excluding hydrogens is 429 g/mol. The lowest BCUT2D eigenvalue weighted by Gasteiger charge is -2.36. The number of carbonyl (C=O) groups excluding carboxylic acids is 2. The van der Waals surface area contributed by atoms with E-state index in [2.05, 4.69) is 22.9 Å². The zero-order valence-corrected chi connectivity index (χ0v) is 18.4. The summed E-state index contributed by atoms with van der Waals surface area (Å²) in [5, 5.41) is 9.96. The van der Waals surface area contributed by atoms with Crippen molar-refractivity contribution in [2.45, 2.75) is 55.3 Å². The van der Waals surface area contributed by atoms with Crippen molar-refractivity contribution in [1.82, 2.24) is 16.0 Å². The fraction of sp³-hybridized carbons (Fsp3) is 0.619. The number of hydrogen-bond acceptors (Lipinski definition) is 5. The molecule has 1 aromatic carbocycles. The van der Waals surface area contributed by atoms with Crippen molar-refractivity contribution in [3.8, 4) is 5.75 Å². The Bertz CT molecular complexity index is 814. The molecule has 5 unspecified atom stereocenters. The molecule has 2 saturated carbocycles. The molecule has 1 heterocycles. The molecule has 2 amide bonds. The predicted octanol–water partition coefficient (Wildman–Crippen LogP) is 2.70. The summed E-state index contributed by atoms with van der Waals surface area (Å²) in [4.78, 5) is 25.0. The van der Waals surface area contributed by atoms with Gasteiger partial charge in [-0.05, 0) is 49.7 Å². The molecule has 0 radical (unpaired) electrons. The van der Waals surface area contributed by atoms with E-state index >= 15 is 0 Å². The molecule has 1 aromatic rings. The number of benzene rings is 1. The van der Waals surface area contributed by atoms with E-state index in [-0.39, 0.29) is 46.5 Å². The van der Waals surface area contributed by atoms with Crippen LogP contribution in [-0.2, 0) is 9.59 Å². The molecule has 3 N–H and O–H groups in total. The van der Waals surface area contributed by atoms with Gasteiger partial charge in [0.15, 0.2) is 6.61 Å². The maximum Gasteiger partial charge on any atom is 0.258 e. The number of fused-ring (bicyclic) bond motifs is 1. The minimum absolute atomic E-state index is 0.0128. The third-order valence-corrected chi connectivity index (χ3v) is 8.23.